The van der Waals surface area contributed by atoms with Crippen LogP contribution < -0.4 is 10.6 Å². The number of carbonyl (C=O) groups excluding carboxylic acids is 1. The Hall–Kier alpha value is -1.92. The van der Waals surface area contributed by atoms with E-state index >= 15 is 0 Å². The van der Waals surface area contributed by atoms with Gasteiger partial charge >= 0.3 is 6.03 Å². The lowest BCUT2D eigenvalue weighted by molar-refractivity contribution is 0.218. The molecular weight excluding hydrogens is 310 g/mol. The molecule has 23 heavy (non-hydrogen) atoms. The van der Waals surface area contributed by atoms with Gasteiger partial charge in [0, 0.05) is 23.6 Å². The molecular formula is C17H23N3O2S. The maximum atomic E-state index is 12.0. The molecule has 1 unspecified atom stereocenters. The lowest BCUT2D eigenvalue weighted by Crippen LogP contribution is -2.44. The van der Waals surface area contributed by atoms with Crippen molar-refractivity contribution in [1.82, 2.24) is 15.6 Å². The molecule has 124 valence electrons. The van der Waals surface area contributed by atoms with Crippen LogP contribution in [0.1, 0.15) is 25.3 Å². The van der Waals surface area contributed by atoms with Crippen LogP contribution in [0.3, 0.4) is 0 Å². The normalized spacial score (nSPS) is 12.2. The highest BCUT2D eigenvalue weighted by atomic mass is 32.1. The number of aliphatic hydroxyl groups excluding tert-OH is 1. The van der Waals surface area contributed by atoms with Gasteiger partial charge in [-0.15, -0.1) is 11.3 Å². The zero-order valence-electron chi connectivity index (χ0n) is 13.5. The summed E-state index contributed by atoms with van der Waals surface area (Å²) >= 11 is 1.53. The van der Waals surface area contributed by atoms with Crippen LogP contribution >= 0.6 is 11.3 Å². The number of rotatable bonds is 7. The van der Waals surface area contributed by atoms with E-state index in [0.717, 1.165) is 16.3 Å². The molecule has 0 saturated carbocycles. The largest absolute Gasteiger partial charge is 0.396 e. The van der Waals surface area contributed by atoms with Crippen molar-refractivity contribution in [2.24, 2.45) is 5.92 Å². The van der Waals surface area contributed by atoms with Crippen molar-refractivity contribution in [3.63, 3.8) is 0 Å². The zero-order chi connectivity index (χ0) is 16.7. The van der Waals surface area contributed by atoms with E-state index in [9.17, 15) is 4.79 Å². The minimum atomic E-state index is -0.228. The molecule has 6 heteroatoms. The molecule has 2 aromatic rings. The van der Waals surface area contributed by atoms with Gasteiger partial charge < -0.3 is 15.7 Å². The number of benzene rings is 1. The first-order valence-corrected chi connectivity index (χ1v) is 8.63. The van der Waals surface area contributed by atoms with Gasteiger partial charge in [0.2, 0.25) is 0 Å². The summed E-state index contributed by atoms with van der Waals surface area (Å²) in [5.41, 5.74) is 2.00. The molecule has 1 aromatic carbocycles. The predicted octanol–water partition coefficient (Wildman–Crippen LogP) is 3.02. The van der Waals surface area contributed by atoms with Crippen LogP contribution in [0.5, 0.6) is 0 Å². The van der Waals surface area contributed by atoms with Crippen LogP contribution in [0.15, 0.2) is 35.7 Å². The molecule has 5 nitrogen and oxygen atoms in total. The van der Waals surface area contributed by atoms with E-state index < -0.39 is 0 Å². The van der Waals surface area contributed by atoms with Crippen molar-refractivity contribution in [1.29, 1.82) is 0 Å². The standard InChI is InChI=1S/C17H23N3O2S/c1-12(2)14(8-9-21)20-17(22)18-10-16-19-15(11-23-16)13-6-4-3-5-7-13/h3-7,11-12,14,21H,8-10H2,1-2H3,(H2,18,20,22). The van der Waals surface area contributed by atoms with Crippen LogP contribution in [0, 0.1) is 5.92 Å². The third kappa shape index (κ3) is 5.33. The number of hydrogen-bond donors (Lipinski definition) is 3. The number of urea groups is 1. The highest BCUT2D eigenvalue weighted by Crippen LogP contribution is 2.21. The maximum Gasteiger partial charge on any atom is 0.315 e. The fourth-order valence-corrected chi connectivity index (χ4v) is 2.96. The Morgan fingerprint density at radius 2 is 2.04 bits per heavy atom. The molecule has 0 aliphatic carbocycles. The van der Waals surface area contributed by atoms with E-state index in [1.807, 2.05) is 49.6 Å². The predicted molar refractivity (Wildman–Crippen MR) is 93.3 cm³/mol. The average molecular weight is 333 g/mol. The molecule has 1 heterocycles. The number of nitrogens with one attached hydrogen (secondary N) is 2. The molecule has 0 spiro atoms. The Morgan fingerprint density at radius 3 is 2.70 bits per heavy atom. The van der Waals surface area contributed by atoms with Crippen LogP contribution in [0.25, 0.3) is 11.3 Å². The van der Waals surface area contributed by atoms with Gasteiger partial charge in [0.1, 0.15) is 5.01 Å². The van der Waals surface area contributed by atoms with E-state index in [4.69, 9.17) is 5.11 Å². The number of hydrogen-bond acceptors (Lipinski definition) is 4. The molecule has 2 amide bonds. The minimum absolute atomic E-state index is 0.0313. The molecule has 1 aromatic heterocycles. The van der Waals surface area contributed by atoms with Crippen molar-refractivity contribution in [3.05, 3.63) is 40.7 Å². The summed E-state index contributed by atoms with van der Waals surface area (Å²) in [6.45, 7) is 4.50. The summed E-state index contributed by atoms with van der Waals surface area (Å²) in [6.07, 6.45) is 0.556. The monoisotopic (exact) mass is 333 g/mol. The minimum Gasteiger partial charge on any atom is -0.396 e. The van der Waals surface area contributed by atoms with Gasteiger partial charge in [-0.1, -0.05) is 44.2 Å². The lowest BCUT2D eigenvalue weighted by Gasteiger charge is -2.21. The van der Waals surface area contributed by atoms with Crippen molar-refractivity contribution < 1.29 is 9.90 Å². The van der Waals surface area contributed by atoms with Gasteiger partial charge in [-0.05, 0) is 12.3 Å². The second-order valence-electron chi connectivity index (χ2n) is 5.68. The van der Waals surface area contributed by atoms with Crippen molar-refractivity contribution >= 4 is 17.4 Å². The number of carbonyl (C=O) groups is 1. The first kappa shape index (κ1) is 17.4. The number of aromatic nitrogens is 1. The van der Waals surface area contributed by atoms with Crippen molar-refractivity contribution in [2.75, 3.05) is 6.61 Å². The Kier molecular flexibility index (Phi) is 6.55. The van der Waals surface area contributed by atoms with E-state index in [0.29, 0.717) is 13.0 Å². The zero-order valence-corrected chi connectivity index (χ0v) is 14.3. The van der Waals surface area contributed by atoms with E-state index in [1.165, 1.54) is 11.3 Å². The highest BCUT2D eigenvalue weighted by molar-refractivity contribution is 7.09. The molecule has 0 saturated heterocycles. The number of nitrogens with zero attached hydrogens (tertiary/aromatic N) is 1. The third-order valence-electron chi connectivity index (χ3n) is 3.58. The quantitative estimate of drug-likeness (QED) is 0.729. The molecule has 3 N–H and O–H groups in total. The smallest absolute Gasteiger partial charge is 0.315 e. The molecule has 0 fully saturated rings. The molecule has 0 aliphatic rings. The summed E-state index contributed by atoms with van der Waals surface area (Å²) in [6, 6.07) is 9.70. The summed E-state index contributed by atoms with van der Waals surface area (Å²) < 4.78 is 0. The average Bonchev–Trinajstić information content (AvgIpc) is 3.02. The first-order valence-electron chi connectivity index (χ1n) is 7.75. The lowest BCUT2D eigenvalue weighted by atomic mass is 10.0. The molecule has 1 atom stereocenters. The number of thiazole rings is 1. The SMILES string of the molecule is CC(C)C(CCO)NC(=O)NCc1nc(-c2ccccc2)cs1. The van der Waals surface area contributed by atoms with Gasteiger partial charge in [0.25, 0.3) is 0 Å². The Bertz CT molecular complexity index is 613. The summed E-state index contributed by atoms with van der Waals surface area (Å²) in [5.74, 6) is 0.275. The summed E-state index contributed by atoms with van der Waals surface area (Å²) in [4.78, 5) is 16.5. The van der Waals surface area contributed by atoms with E-state index in [-0.39, 0.29) is 24.6 Å². The highest BCUT2D eigenvalue weighted by Gasteiger charge is 2.15. The van der Waals surface area contributed by atoms with Crippen molar-refractivity contribution in [2.45, 2.75) is 32.9 Å². The molecule has 0 radical (unpaired) electrons. The van der Waals surface area contributed by atoms with Crippen LogP contribution in [0.2, 0.25) is 0 Å². The van der Waals surface area contributed by atoms with Crippen LogP contribution in [-0.2, 0) is 6.54 Å². The fourth-order valence-electron chi connectivity index (χ4n) is 2.22. The maximum absolute atomic E-state index is 12.0. The summed E-state index contributed by atoms with van der Waals surface area (Å²) in [5, 5.41) is 17.6. The third-order valence-corrected chi connectivity index (χ3v) is 4.43. The second kappa shape index (κ2) is 8.64. The Balaban J connectivity index is 1.86. The second-order valence-corrected chi connectivity index (χ2v) is 6.62. The van der Waals surface area contributed by atoms with Gasteiger partial charge in [0.15, 0.2) is 0 Å². The topological polar surface area (TPSA) is 74.2 Å². The van der Waals surface area contributed by atoms with Crippen LogP contribution in [0.4, 0.5) is 4.79 Å². The molecule has 2 rings (SSSR count). The fraction of sp³-hybridized carbons (Fsp3) is 0.412. The number of aliphatic hydroxyl groups is 1. The molecule has 0 bridgehead atoms. The van der Waals surface area contributed by atoms with Gasteiger partial charge in [0.05, 0.1) is 12.2 Å². The summed E-state index contributed by atoms with van der Waals surface area (Å²) in [7, 11) is 0. The van der Waals surface area contributed by atoms with E-state index in [2.05, 4.69) is 15.6 Å². The molecule has 0 aliphatic heterocycles. The van der Waals surface area contributed by atoms with Gasteiger partial charge in [-0.3, -0.25) is 0 Å². The number of amides is 2. The first-order chi connectivity index (χ1) is 11.1. The van der Waals surface area contributed by atoms with Crippen LogP contribution in [-0.4, -0.2) is 28.8 Å². The van der Waals surface area contributed by atoms with Crippen molar-refractivity contribution in [3.8, 4) is 11.3 Å². The van der Waals surface area contributed by atoms with Gasteiger partial charge in [-0.2, -0.15) is 0 Å². The Labute approximate surface area is 140 Å². The van der Waals surface area contributed by atoms with E-state index in [1.54, 1.807) is 0 Å². The Morgan fingerprint density at radius 1 is 1.30 bits per heavy atom. The van der Waals surface area contributed by atoms with Gasteiger partial charge in [-0.25, -0.2) is 9.78 Å².